The Kier molecular flexibility index (Phi) is 16.3. The molecular formula is C51H78O14. The Morgan fingerprint density at radius 1 is 0.785 bits per heavy atom. The van der Waals surface area contributed by atoms with Gasteiger partial charge in [0.1, 0.15) is 36.8 Å². The molecule has 8 aliphatic rings. The second-order valence-corrected chi connectivity index (χ2v) is 20.3. The highest BCUT2D eigenvalue weighted by Crippen LogP contribution is 2.46. The van der Waals surface area contributed by atoms with Crippen molar-refractivity contribution in [1.82, 2.24) is 0 Å². The van der Waals surface area contributed by atoms with Crippen LogP contribution in [0.15, 0.2) is 59.3 Å². The molecule has 366 valence electrons. The molecule has 19 atom stereocenters. The predicted octanol–water partition coefficient (Wildman–Crippen LogP) is 6.36. The van der Waals surface area contributed by atoms with Gasteiger partial charge in [0.25, 0.3) is 0 Å². The molecule has 0 aromatic heterocycles. The summed E-state index contributed by atoms with van der Waals surface area (Å²) in [7, 11) is 3.26. The van der Waals surface area contributed by atoms with Crippen LogP contribution in [0.2, 0.25) is 0 Å². The maximum Gasteiger partial charge on any atom is 0.190 e. The fourth-order valence-corrected chi connectivity index (χ4v) is 11.9. The van der Waals surface area contributed by atoms with Crippen LogP contribution in [0.3, 0.4) is 0 Å². The van der Waals surface area contributed by atoms with E-state index in [0.29, 0.717) is 43.6 Å². The van der Waals surface area contributed by atoms with Crippen LogP contribution in [0.25, 0.3) is 0 Å². The zero-order valence-corrected chi connectivity index (χ0v) is 40.0. The van der Waals surface area contributed by atoms with E-state index in [0.717, 1.165) is 11.1 Å². The van der Waals surface area contributed by atoms with Gasteiger partial charge in [0.15, 0.2) is 18.4 Å². The smallest absolute Gasteiger partial charge is 0.190 e. The van der Waals surface area contributed by atoms with Crippen molar-refractivity contribution in [2.24, 2.45) is 23.7 Å². The first-order valence-corrected chi connectivity index (χ1v) is 24.6. The lowest BCUT2D eigenvalue weighted by Crippen LogP contribution is -2.56. The SMILES string of the molecule is CO[C@H]1C[C@H](O[C@H]2[C@H](C)O[C@@H](O[C@@H]3/C(C)=C/C[C@@H]4CC(C[C@]5(C=C[C@H](C)[C@@H](C6CCCCC6)O5)O4)OCOCC4C=C(C)[C@@H](O)[C@H]5OC/C(=C\C=C\[C@@H]3C)[C@@]45O)C[C@@H]2OC)O[C@@H](C)C1O. The lowest BCUT2D eigenvalue weighted by atomic mass is 9.71. The van der Waals surface area contributed by atoms with Crippen LogP contribution >= 0.6 is 0 Å². The van der Waals surface area contributed by atoms with Gasteiger partial charge >= 0.3 is 0 Å². The summed E-state index contributed by atoms with van der Waals surface area (Å²) in [6.45, 7) is 12.5. The third-order valence-electron chi connectivity index (χ3n) is 15.7. The molecule has 2 aliphatic carbocycles. The number of aliphatic hydroxyl groups is 3. The average Bonchev–Trinajstić information content (AvgIpc) is 3.64. The van der Waals surface area contributed by atoms with Gasteiger partial charge < -0.3 is 67.4 Å². The lowest BCUT2D eigenvalue weighted by molar-refractivity contribution is -0.318. The predicted molar refractivity (Wildman–Crippen MR) is 240 cm³/mol. The molecule has 0 aromatic rings. The van der Waals surface area contributed by atoms with Crippen molar-refractivity contribution in [3.05, 3.63) is 59.3 Å². The fraction of sp³-hybridized carbons (Fsp3) is 0.804. The third kappa shape index (κ3) is 10.8. The van der Waals surface area contributed by atoms with Crippen LogP contribution in [0.1, 0.15) is 106 Å². The largest absolute Gasteiger partial charge is 0.388 e. The molecule has 3 N–H and O–H groups in total. The summed E-state index contributed by atoms with van der Waals surface area (Å²) in [6.07, 6.45) is 16.6. The number of aliphatic hydroxyl groups excluding tert-OH is 2. The molecule has 8 rings (SSSR count). The summed E-state index contributed by atoms with van der Waals surface area (Å²) in [5, 5.41) is 34.2. The molecule has 6 aliphatic heterocycles. The van der Waals surface area contributed by atoms with Crippen LogP contribution in [-0.4, -0.2) is 147 Å². The first kappa shape index (κ1) is 49.6. The van der Waals surface area contributed by atoms with E-state index in [1.807, 2.05) is 39.0 Å². The van der Waals surface area contributed by atoms with E-state index in [2.05, 4.69) is 45.1 Å². The Morgan fingerprint density at radius 2 is 1.52 bits per heavy atom. The number of hydrogen-bond acceptors (Lipinski definition) is 14. The lowest BCUT2D eigenvalue weighted by Gasteiger charge is -2.49. The quantitative estimate of drug-likeness (QED) is 0.242. The van der Waals surface area contributed by atoms with E-state index in [-0.39, 0.29) is 56.3 Å². The summed E-state index contributed by atoms with van der Waals surface area (Å²) < 4.78 is 70.8. The summed E-state index contributed by atoms with van der Waals surface area (Å²) in [5.74, 6) is -0.765. The van der Waals surface area contributed by atoms with Gasteiger partial charge in [-0.15, -0.1) is 0 Å². The molecule has 14 nitrogen and oxygen atoms in total. The Hall–Kier alpha value is -1.86. The Balaban J connectivity index is 1.06. The molecule has 4 saturated heterocycles. The Bertz CT molecular complexity index is 1740. The standard InChI is InChI=1S/C51H78O14/c1-29-13-12-16-36-27-58-49-44(52)32(4)21-37(51(36,49)54)26-57-28-59-39-22-38(64-50(25-39)20-19-31(3)47(65-50)35-14-10-9-11-15-35)18-17-30(2)46(29)62-43-24-41(56-8)48(34(6)61-43)63-42-23-40(55-7)45(53)33(5)60-42/h12-13,16-17,19-21,29,31,33-35,37-49,52-54H,9-11,14-15,18,22-28H2,1-8H3/b13-12+,30-17+,36-16+/t29-,31-,33-,34-,37?,38+,39?,40-,41-,42-,43-,44+,45?,46-,47-,48-,49+,50+,51+/m0/s1. The minimum Gasteiger partial charge on any atom is -0.388 e. The van der Waals surface area contributed by atoms with Crippen LogP contribution in [0.5, 0.6) is 0 Å². The molecule has 14 heteroatoms. The first-order chi connectivity index (χ1) is 31.2. The second-order valence-electron chi connectivity index (χ2n) is 20.3. The van der Waals surface area contributed by atoms with Crippen LogP contribution in [0, 0.1) is 23.7 Å². The van der Waals surface area contributed by atoms with Crippen molar-refractivity contribution in [3.8, 4) is 0 Å². The minimum absolute atomic E-state index is 0.0339. The molecular weight excluding hydrogens is 837 g/mol. The van der Waals surface area contributed by atoms with Crippen molar-refractivity contribution in [2.75, 3.05) is 34.2 Å². The van der Waals surface area contributed by atoms with E-state index in [4.69, 9.17) is 52.1 Å². The minimum atomic E-state index is -1.48. The highest BCUT2D eigenvalue weighted by Gasteiger charge is 2.57. The van der Waals surface area contributed by atoms with Crippen molar-refractivity contribution in [1.29, 1.82) is 0 Å². The van der Waals surface area contributed by atoms with Gasteiger partial charge in [0.2, 0.25) is 0 Å². The molecule has 1 saturated carbocycles. The topological polar surface area (TPSA) is 162 Å². The number of hydrogen-bond donors (Lipinski definition) is 3. The first-order valence-electron chi connectivity index (χ1n) is 24.6. The summed E-state index contributed by atoms with van der Waals surface area (Å²) in [4.78, 5) is 0. The normalized spacial score (nSPS) is 49.1. The van der Waals surface area contributed by atoms with E-state index in [9.17, 15) is 15.3 Å². The zero-order chi connectivity index (χ0) is 46.0. The molecule has 65 heavy (non-hydrogen) atoms. The van der Waals surface area contributed by atoms with Gasteiger partial charge in [-0.3, -0.25) is 0 Å². The molecule has 5 fully saturated rings. The maximum atomic E-state index is 12.5. The number of allylic oxidation sites excluding steroid dienone is 2. The van der Waals surface area contributed by atoms with Crippen molar-refractivity contribution >= 4 is 0 Å². The van der Waals surface area contributed by atoms with Gasteiger partial charge in [-0.25, -0.2) is 0 Å². The molecule has 0 amide bonds. The number of rotatable bonds is 7. The van der Waals surface area contributed by atoms with Gasteiger partial charge in [0, 0.05) is 57.7 Å². The fourth-order valence-electron chi connectivity index (χ4n) is 11.9. The summed E-state index contributed by atoms with van der Waals surface area (Å²) in [6, 6.07) is 0. The van der Waals surface area contributed by atoms with Crippen LogP contribution in [0.4, 0.5) is 0 Å². The van der Waals surface area contributed by atoms with Crippen LogP contribution < -0.4 is 0 Å². The summed E-state index contributed by atoms with van der Waals surface area (Å²) >= 11 is 0. The van der Waals surface area contributed by atoms with Gasteiger partial charge in [0.05, 0.1) is 62.0 Å². The molecule has 0 aromatic carbocycles. The van der Waals surface area contributed by atoms with E-state index in [1.165, 1.54) is 32.1 Å². The van der Waals surface area contributed by atoms with Crippen molar-refractivity contribution in [3.63, 3.8) is 0 Å². The van der Waals surface area contributed by atoms with E-state index >= 15 is 0 Å². The van der Waals surface area contributed by atoms with Gasteiger partial charge in [-0.1, -0.05) is 69.6 Å². The van der Waals surface area contributed by atoms with E-state index in [1.54, 1.807) is 14.2 Å². The number of ether oxygens (including phenoxy) is 11. The summed E-state index contributed by atoms with van der Waals surface area (Å²) in [5.41, 5.74) is 0.955. The van der Waals surface area contributed by atoms with Crippen LogP contribution in [-0.2, 0) is 52.1 Å². The van der Waals surface area contributed by atoms with Gasteiger partial charge in [-0.2, -0.15) is 0 Å². The molecule has 6 heterocycles. The molecule has 3 unspecified atom stereocenters. The van der Waals surface area contributed by atoms with Crippen molar-refractivity contribution in [2.45, 2.75) is 203 Å². The average molecular weight is 915 g/mol. The highest BCUT2D eigenvalue weighted by atomic mass is 16.7. The second kappa shape index (κ2) is 21.4. The Morgan fingerprint density at radius 3 is 2.29 bits per heavy atom. The zero-order valence-electron chi connectivity index (χ0n) is 40.0. The highest BCUT2D eigenvalue weighted by molar-refractivity contribution is 5.37. The Labute approximate surface area is 386 Å². The van der Waals surface area contributed by atoms with E-state index < -0.39 is 78.7 Å². The number of fused-ring (bicyclic) bond motifs is 2. The molecule has 1 spiro atoms. The number of methoxy groups -OCH3 is 2. The maximum absolute atomic E-state index is 12.5. The molecule has 0 radical (unpaired) electrons. The molecule has 2 bridgehead atoms. The van der Waals surface area contributed by atoms with Crippen molar-refractivity contribution < 1.29 is 67.4 Å². The third-order valence-corrected chi connectivity index (χ3v) is 15.7. The monoisotopic (exact) mass is 915 g/mol. The van der Waals surface area contributed by atoms with Gasteiger partial charge in [-0.05, 0) is 75.7 Å².